The predicted molar refractivity (Wildman–Crippen MR) is 60.6 cm³/mol. The monoisotopic (exact) mass is 275 g/mol. The number of aryl methyl sites for hydroxylation is 1. The van der Waals surface area contributed by atoms with Gasteiger partial charge in [0.1, 0.15) is 6.10 Å². The van der Waals surface area contributed by atoms with Crippen LogP contribution in [0.1, 0.15) is 23.8 Å². The fraction of sp³-hybridized carbons (Fsp3) is 0.556. The number of aliphatic hydroxyl groups excluding tert-OH is 2. The van der Waals surface area contributed by atoms with Crippen LogP contribution in [0.4, 0.5) is 5.95 Å². The molecule has 0 aromatic carbocycles. The van der Waals surface area contributed by atoms with E-state index in [-0.39, 0.29) is 5.95 Å². The van der Waals surface area contributed by atoms with Crippen LogP contribution >= 0.6 is 15.9 Å². The van der Waals surface area contributed by atoms with Crippen molar-refractivity contribution >= 4 is 21.9 Å². The maximum absolute atomic E-state index is 9.80. The standard InChI is InChI=1S/C9H14BrN3O2/c1-5-6(4-12-9(11)13-5)8(15)7(14)2-3-10/h4,7-8,14-15H,2-3H2,1H3,(H2,11,12,13). The van der Waals surface area contributed by atoms with Crippen molar-refractivity contribution in [3.63, 3.8) is 0 Å². The number of hydrogen-bond acceptors (Lipinski definition) is 5. The van der Waals surface area contributed by atoms with Gasteiger partial charge in [-0.05, 0) is 13.3 Å². The lowest BCUT2D eigenvalue weighted by atomic mass is 10.0. The highest BCUT2D eigenvalue weighted by molar-refractivity contribution is 9.09. The molecule has 0 aliphatic rings. The quantitative estimate of drug-likeness (QED) is 0.698. The Hall–Kier alpha value is -0.720. The van der Waals surface area contributed by atoms with E-state index < -0.39 is 12.2 Å². The summed E-state index contributed by atoms with van der Waals surface area (Å²) in [7, 11) is 0. The first kappa shape index (κ1) is 12.4. The second-order valence-electron chi connectivity index (χ2n) is 3.26. The highest BCUT2D eigenvalue weighted by Crippen LogP contribution is 2.21. The smallest absolute Gasteiger partial charge is 0.220 e. The third-order valence-electron chi connectivity index (χ3n) is 2.12. The fourth-order valence-corrected chi connectivity index (χ4v) is 1.73. The van der Waals surface area contributed by atoms with Crippen LogP contribution in [0, 0.1) is 6.92 Å². The molecule has 1 rings (SSSR count). The van der Waals surface area contributed by atoms with Crippen LogP contribution in [0.25, 0.3) is 0 Å². The molecule has 0 fully saturated rings. The van der Waals surface area contributed by atoms with Gasteiger partial charge in [0, 0.05) is 22.8 Å². The summed E-state index contributed by atoms with van der Waals surface area (Å²) in [6, 6.07) is 0. The van der Waals surface area contributed by atoms with Gasteiger partial charge in [-0.2, -0.15) is 0 Å². The SMILES string of the molecule is Cc1nc(N)ncc1C(O)C(O)CCBr. The normalized spacial score (nSPS) is 14.9. The van der Waals surface area contributed by atoms with Crippen molar-refractivity contribution in [2.75, 3.05) is 11.1 Å². The van der Waals surface area contributed by atoms with Crippen LogP contribution in [0.15, 0.2) is 6.20 Å². The van der Waals surface area contributed by atoms with Crippen molar-refractivity contribution in [1.29, 1.82) is 0 Å². The van der Waals surface area contributed by atoms with Gasteiger partial charge in [-0.25, -0.2) is 9.97 Å². The third-order valence-corrected chi connectivity index (χ3v) is 2.58. The molecule has 15 heavy (non-hydrogen) atoms. The molecular weight excluding hydrogens is 262 g/mol. The number of aliphatic hydroxyl groups is 2. The van der Waals surface area contributed by atoms with Gasteiger partial charge in [0.05, 0.1) is 6.10 Å². The Labute approximate surface area is 96.5 Å². The molecule has 0 aliphatic heterocycles. The van der Waals surface area contributed by atoms with E-state index in [9.17, 15) is 10.2 Å². The Morgan fingerprint density at radius 1 is 1.53 bits per heavy atom. The van der Waals surface area contributed by atoms with Gasteiger partial charge in [0.15, 0.2) is 0 Å². The second kappa shape index (κ2) is 5.39. The van der Waals surface area contributed by atoms with E-state index in [0.717, 1.165) is 0 Å². The first-order chi connectivity index (χ1) is 7.06. The van der Waals surface area contributed by atoms with Crippen molar-refractivity contribution in [3.8, 4) is 0 Å². The van der Waals surface area contributed by atoms with E-state index in [2.05, 4.69) is 25.9 Å². The van der Waals surface area contributed by atoms with E-state index in [1.807, 2.05) is 0 Å². The third kappa shape index (κ3) is 3.12. The minimum atomic E-state index is -0.969. The van der Waals surface area contributed by atoms with E-state index in [1.54, 1.807) is 6.92 Å². The number of hydrogen-bond donors (Lipinski definition) is 3. The lowest BCUT2D eigenvalue weighted by Gasteiger charge is -2.18. The Bertz CT molecular complexity index is 335. The first-order valence-electron chi connectivity index (χ1n) is 4.57. The number of anilines is 1. The molecule has 1 heterocycles. The fourth-order valence-electron chi connectivity index (χ4n) is 1.26. The number of nitrogens with two attached hydrogens (primary N) is 1. The Balaban J connectivity index is 2.86. The number of rotatable bonds is 4. The van der Waals surface area contributed by atoms with Crippen molar-refractivity contribution < 1.29 is 10.2 Å². The Morgan fingerprint density at radius 2 is 2.20 bits per heavy atom. The average molecular weight is 276 g/mol. The minimum absolute atomic E-state index is 0.165. The van der Waals surface area contributed by atoms with Gasteiger partial charge in [-0.3, -0.25) is 0 Å². The molecule has 1 aromatic rings. The second-order valence-corrected chi connectivity index (χ2v) is 4.05. The summed E-state index contributed by atoms with van der Waals surface area (Å²) < 4.78 is 0. The first-order valence-corrected chi connectivity index (χ1v) is 5.69. The molecule has 2 atom stereocenters. The molecule has 84 valence electrons. The van der Waals surface area contributed by atoms with Gasteiger partial charge in [-0.1, -0.05) is 15.9 Å². The summed E-state index contributed by atoms with van der Waals surface area (Å²) in [4.78, 5) is 7.71. The molecule has 0 amide bonds. The van der Waals surface area contributed by atoms with Gasteiger partial charge in [0.2, 0.25) is 5.95 Å². The van der Waals surface area contributed by atoms with Gasteiger partial charge in [0.25, 0.3) is 0 Å². The van der Waals surface area contributed by atoms with E-state index >= 15 is 0 Å². The summed E-state index contributed by atoms with van der Waals surface area (Å²) in [6.45, 7) is 1.72. The molecule has 0 aliphatic carbocycles. The molecule has 6 heteroatoms. The zero-order valence-electron chi connectivity index (χ0n) is 8.39. The van der Waals surface area contributed by atoms with Crippen molar-refractivity contribution in [2.24, 2.45) is 0 Å². The number of nitrogen functional groups attached to an aromatic ring is 1. The highest BCUT2D eigenvalue weighted by Gasteiger charge is 2.20. The van der Waals surface area contributed by atoms with E-state index in [1.165, 1.54) is 6.20 Å². The summed E-state index contributed by atoms with van der Waals surface area (Å²) in [5, 5.41) is 20.0. The van der Waals surface area contributed by atoms with E-state index in [4.69, 9.17) is 5.73 Å². The largest absolute Gasteiger partial charge is 0.390 e. The highest BCUT2D eigenvalue weighted by atomic mass is 79.9. The van der Waals surface area contributed by atoms with Gasteiger partial charge in [-0.15, -0.1) is 0 Å². The van der Waals surface area contributed by atoms with Crippen LogP contribution < -0.4 is 5.73 Å². The van der Waals surface area contributed by atoms with Gasteiger partial charge >= 0.3 is 0 Å². The Kier molecular flexibility index (Phi) is 4.44. The Morgan fingerprint density at radius 3 is 2.73 bits per heavy atom. The minimum Gasteiger partial charge on any atom is -0.390 e. The molecule has 0 radical (unpaired) electrons. The molecule has 4 N–H and O–H groups in total. The van der Waals surface area contributed by atoms with Crippen molar-refractivity contribution in [1.82, 2.24) is 9.97 Å². The number of aromatic nitrogens is 2. The molecule has 0 bridgehead atoms. The average Bonchev–Trinajstić information content (AvgIpc) is 2.17. The number of alkyl halides is 1. The lowest BCUT2D eigenvalue weighted by Crippen LogP contribution is -2.20. The van der Waals surface area contributed by atoms with E-state index in [0.29, 0.717) is 23.0 Å². The maximum atomic E-state index is 9.80. The molecule has 2 unspecified atom stereocenters. The molecule has 0 saturated heterocycles. The molecular formula is C9H14BrN3O2. The zero-order valence-corrected chi connectivity index (χ0v) is 9.98. The maximum Gasteiger partial charge on any atom is 0.220 e. The zero-order chi connectivity index (χ0) is 11.4. The topological polar surface area (TPSA) is 92.3 Å². The summed E-state index contributed by atoms with van der Waals surface area (Å²) in [5.74, 6) is 0.165. The number of halogens is 1. The van der Waals surface area contributed by atoms with Crippen LogP contribution in [0.5, 0.6) is 0 Å². The lowest BCUT2D eigenvalue weighted by molar-refractivity contribution is 0.0165. The van der Waals surface area contributed by atoms with Crippen LogP contribution in [0.2, 0.25) is 0 Å². The molecule has 1 aromatic heterocycles. The van der Waals surface area contributed by atoms with Crippen molar-refractivity contribution in [2.45, 2.75) is 25.6 Å². The van der Waals surface area contributed by atoms with Crippen molar-refractivity contribution in [3.05, 3.63) is 17.5 Å². The summed E-state index contributed by atoms with van der Waals surface area (Å²) in [5.41, 5.74) is 6.49. The van der Waals surface area contributed by atoms with Crippen LogP contribution in [0.3, 0.4) is 0 Å². The summed E-state index contributed by atoms with van der Waals surface area (Å²) in [6.07, 6.45) is 0.114. The molecule has 5 nitrogen and oxygen atoms in total. The summed E-state index contributed by atoms with van der Waals surface area (Å²) >= 11 is 3.20. The molecule has 0 spiro atoms. The van der Waals surface area contributed by atoms with Crippen LogP contribution in [-0.4, -0.2) is 31.6 Å². The van der Waals surface area contributed by atoms with Crippen LogP contribution in [-0.2, 0) is 0 Å². The predicted octanol–water partition coefficient (Wildman–Crippen LogP) is 0.547. The van der Waals surface area contributed by atoms with Gasteiger partial charge < -0.3 is 15.9 Å². The molecule has 0 saturated carbocycles. The number of nitrogens with zero attached hydrogens (tertiary/aromatic N) is 2.